The Morgan fingerprint density at radius 2 is 1.75 bits per heavy atom. The number of aryl methyl sites for hydroxylation is 1. The van der Waals surface area contributed by atoms with E-state index >= 15 is 0 Å². The first-order valence-corrected chi connectivity index (χ1v) is 12.3. The highest BCUT2D eigenvalue weighted by Crippen LogP contribution is 2.24. The van der Waals surface area contributed by atoms with Crippen LogP contribution in [-0.2, 0) is 26.0 Å². The van der Waals surface area contributed by atoms with Crippen molar-refractivity contribution in [3.63, 3.8) is 0 Å². The van der Waals surface area contributed by atoms with Crippen LogP contribution in [-0.4, -0.2) is 58.0 Å². The number of morpholine rings is 1. The lowest BCUT2D eigenvalue weighted by Crippen LogP contribution is -2.36. The van der Waals surface area contributed by atoms with Gasteiger partial charge in [-0.15, -0.1) is 0 Å². The molecule has 0 atom stereocenters. The number of anilines is 2. The van der Waals surface area contributed by atoms with Gasteiger partial charge in [0, 0.05) is 38.3 Å². The summed E-state index contributed by atoms with van der Waals surface area (Å²) in [5, 5.41) is 2.72. The maximum atomic E-state index is 14.5. The van der Waals surface area contributed by atoms with Gasteiger partial charge in [-0.1, -0.05) is 26.0 Å². The number of nitrogens with one attached hydrogen (secondary N) is 1. The van der Waals surface area contributed by atoms with E-state index < -0.39 is 10.0 Å². The number of sulfonamides is 1. The maximum absolute atomic E-state index is 14.5. The average molecular weight is 464 g/mol. The molecule has 0 aliphatic carbocycles. The molecule has 0 unspecified atom stereocenters. The Kier molecular flexibility index (Phi) is 8.22. The van der Waals surface area contributed by atoms with Gasteiger partial charge in [0.15, 0.2) is 0 Å². The van der Waals surface area contributed by atoms with E-state index in [2.05, 4.69) is 5.32 Å². The summed E-state index contributed by atoms with van der Waals surface area (Å²) >= 11 is 0. The van der Waals surface area contributed by atoms with Gasteiger partial charge in [0.25, 0.3) is 0 Å². The lowest BCUT2D eigenvalue weighted by atomic mass is 10.1. The molecule has 1 heterocycles. The number of carbonyl (C=O) groups excluding carboxylic acids is 1. The number of amides is 1. The third-order valence-electron chi connectivity index (χ3n) is 5.49. The minimum absolute atomic E-state index is 0.203. The van der Waals surface area contributed by atoms with Crippen molar-refractivity contribution >= 4 is 27.3 Å². The van der Waals surface area contributed by atoms with E-state index in [1.165, 1.54) is 10.4 Å². The monoisotopic (exact) mass is 463 g/mol. The van der Waals surface area contributed by atoms with Gasteiger partial charge in [-0.05, 0) is 42.3 Å². The summed E-state index contributed by atoms with van der Waals surface area (Å²) in [6, 6.07) is 11.3. The molecule has 9 heteroatoms. The van der Waals surface area contributed by atoms with E-state index in [-0.39, 0.29) is 23.0 Å². The molecule has 1 N–H and O–H groups in total. The molecule has 174 valence electrons. The fraction of sp³-hybridized carbons (Fsp3) is 0.435. The molecule has 32 heavy (non-hydrogen) atoms. The van der Waals surface area contributed by atoms with Crippen molar-refractivity contribution in [3.05, 3.63) is 53.8 Å². The SMILES string of the molecule is CCN(CC)S(=O)(=O)c1ccc(CCC(=O)Nc2ccc(N3CCOCC3)c(F)c2)cc1. The molecule has 2 aromatic carbocycles. The van der Waals surface area contributed by atoms with Crippen LogP contribution in [0, 0.1) is 5.82 Å². The lowest BCUT2D eigenvalue weighted by Gasteiger charge is -2.29. The molecule has 0 radical (unpaired) electrons. The summed E-state index contributed by atoms with van der Waals surface area (Å²) < 4.78 is 46.3. The average Bonchev–Trinajstić information content (AvgIpc) is 2.79. The molecule has 1 aliphatic rings. The van der Waals surface area contributed by atoms with Crippen LogP contribution in [0.3, 0.4) is 0 Å². The molecule has 1 fully saturated rings. The van der Waals surface area contributed by atoms with Crippen LogP contribution < -0.4 is 10.2 Å². The zero-order chi connectivity index (χ0) is 23.1. The van der Waals surface area contributed by atoms with Crippen molar-refractivity contribution in [2.24, 2.45) is 0 Å². The Balaban J connectivity index is 1.55. The second-order valence-electron chi connectivity index (χ2n) is 7.55. The highest BCUT2D eigenvalue weighted by Gasteiger charge is 2.21. The van der Waals surface area contributed by atoms with E-state index in [1.54, 1.807) is 50.2 Å². The Morgan fingerprint density at radius 3 is 2.34 bits per heavy atom. The van der Waals surface area contributed by atoms with E-state index in [1.807, 2.05) is 4.90 Å². The number of hydrogen-bond acceptors (Lipinski definition) is 5. The first-order chi connectivity index (χ1) is 15.3. The van der Waals surface area contributed by atoms with Crippen LogP contribution in [0.5, 0.6) is 0 Å². The first-order valence-electron chi connectivity index (χ1n) is 10.9. The summed E-state index contributed by atoms with van der Waals surface area (Å²) in [4.78, 5) is 14.5. The summed E-state index contributed by atoms with van der Waals surface area (Å²) in [5.74, 6) is -0.613. The predicted octanol–water partition coefficient (Wildman–Crippen LogP) is 3.26. The van der Waals surface area contributed by atoms with Gasteiger partial charge < -0.3 is 15.0 Å². The van der Waals surface area contributed by atoms with Gasteiger partial charge in [-0.25, -0.2) is 12.8 Å². The third kappa shape index (κ3) is 5.85. The molecule has 7 nitrogen and oxygen atoms in total. The number of halogens is 1. The zero-order valence-corrected chi connectivity index (χ0v) is 19.3. The molecule has 2 aromatic rings. The Labute approximate surface area is 189 Å². The molecule has 1 amide bonds. The molecular formula is C23H30FN3O4S. The minimum Gasteiger partial charge on any atom is -0.378 e. The van der Waals surface area contributed by atoms with E-state index in [9.17, 15) is 17.6 Å². The second kappa shape index (κ2) is 10.9. The van der Waals surface area contributed by atoms with Crippen LogP contribution in [0.1, 0.15) is 25.8 Å². The smallest absolute Gasteiger partial charge is 0.243 e. The normalized spacial score (nSPS) is 14.6. The van der Waals surface area contributed by atoms with Gasteiger partial charge in [0.2, 0.25) is 15.9 Å². The molecule has 0 aromatic heterocycles. The number of rotatable bonds is 9. The van der Waals surface area contributed by atoms with Crippen LogP contribution >= 0.6 is 0 Å². The molecule has 1 aliphatic heterocycles. The topological polar surface area (TPSA) is 79.0 Å². The highest BCUT2D eigenvalue weighted by molar-refractivity contribution is 7.89. The van der Waals surface area contributed by atoms with Crippen LogP contribution in [0.25, 0.3) is 0 Å². The molecule has 3 rings (SSSR count). The largest absolute Gasteiger partial charge is 0.378 e. The van der Waals surface area contributed by atoms with Gasteiger partial charge in [0.05, 0.1) is 23.8 Å². The quantitative estimate of drug-likeness (QED) is 0.618. The van der Waals surface area contributed by atoms with Gasteiger partial charge in [-0.3, -0.25) is 4.79 Å². The number of carbonyl (C=O) groups is 1. The summed E-state index contributed by atoms with van der Waals surface area (Å²) in [6.45, 7) is 6.84. The maximum Gasteiger partial charge on any atom is 0.243 e. The second-order valence-corrected chi connectivity index (χ2v) is 9.49. The number of nitrogens with zero attached hydrogens (tertiary/aromatic N) is 2. The van der Waals surface area contributed by atoms with Crippen molar-refractivity contribution < 1.29 is 22.3 Å². The predicted molar refractivity (Wildman–Crippen MR) is 123 cm³/mol. The fourth-order valence-electron chi connectivity index (χ4n) is 3.67. The highest BCUT2D eigenvalue weighted by atomic mass is 32.2. The molecule has 0 bridgehead atoms. The standard InChI is InChI=1S/C23H30FN3O4S/c1-3-27(4-2)32(29,30)20-9-5-18(6-10-20)7-12-23(28)25-19-8-11-22(21(24)17-19)26-13-15-31-16-14-26/h5-6,8-11,17H,3-4,7,12-16H2,1-2H3,(H,25,28). The van der Waals surface area contributed by atoms with Crippen molar-refractivity contribution in [1.29, 1.82) is 0 Å². The molecular weight excluding hydrogens is 433 g/mol. The van der Waals surface area contributed by atoms with Crippen LogP contribution in [0.4, 0.5) is 15.8 Å². The van der Waals surface area contributed by atoms with Crippen molar-refractivity contribution in [3.8, 4) is 0 Å². The van der Waals surface area contributed by atoms with Gasteiger partial charge in [-0.2, -0.15) is 4.31 Å². The van der Waals surface area contributed by atoms with E-state index in [0.29, 0.717) is 57.2 Å². The summed E-state index contributed by atoms with van der Waals surface area (Å²) in [6.07, 6.45) is 0.654. The minimum atomic E-state index is -3.50. The van der Waals surface area contributed by atoms with Crippen molar-refractivity contribution in [1.82, 2.24) is 4.31 Å². The summed E-state index contributed by atoms with van der Waals surface area (Å²) in [5.41, 5.74) is 1.77. The fourth-order valence-corrected chi connectivity index (χ4v) is 5.13. The zero-order valence-electron chi connectivity index (χ0n) is 18.5. The molecule has 1 saturated heterocycles. The molecule has 0 spiro atoms. The molecule has 0 saturated carbocycles. The number of hydrogen-bond donors (Lipinski definition) is 1. The Hall–Kier alpha value is -2.49. The number of ether oxygens (including phenoxy) is 1. The lowest BCUT2D eigenvalue weighted by molar-refractivity contribution is -0.116. The van der Waals surface area contributed by atoms with Crippen molar-refractivity contribution in [2.45, 2.75) is 31.6 Å². The van der Waals surface area contributed by atoms with Gasteiger partial charge in [0.1, 0.15) is 5.82 Å². The van der Waals surface area contributed by atoms with Crippen LogP contribution in [0.2, 0.25) is 0 Å². The van der Waals surface area contributed by atoms with Crippen LogP contribution in [0.15, 0.2) is 47.4 Å². The van der Waals surface area contributed by atoms with E-state index in [0.717, 1.165) is 5.56 Å². The van der Waals surface area contributed by atoms with Gasteiger partial charge >= 0.3 is 0 Å². The Morgan fingerprint density at radius 1 is 1.09 bits per heavy atom. The third-order valence-corrected chi connectivity index (χ3v) is 7.55. The first kappa shape index (κ1) is 24.2. The van der Waals surface area contributed by atoms with E-state index in [4.69, 9.17) is 4.74 Å². The summed E-state index contributed by atoms with van der Waals surface area (Å²) in [7, 11) is -3.50. The Bertz CT molecular complexity index is 1020. The number of benzene rings is 2. The van der Waals surface area contributed by atoms with Crippen molar-refractivity contribution in [2.75, 3.05) is 49.6 Å².